The van der Waals surface area contributed by atoms with Crippen molar-refractivity contribution in [3.8, 4) is 5.75 Å². The highest BCUT2D eigenvalue weighted by atomic mass is 32.2. The van der Waals surface area contributed by atoms with Crippen molar-refractivity contribution in [2.75, 3.05) is 11.3 Å². The predicted molar refractivity (Wildman–Crippen MR) is 118 cm³/mol. The van der Waals surface area contributed by atoms with Gasteiger partial charge in [0.2, 0.25) is 5.13 Å². The lowest BCUT2D eigenvalue weighted by molar-refractivity contribution is -0.136. The van der Waals surface area contributed by atoms with Crippen LogP contribution in [-0.2, 0) is 10.0 Å². The molecule has 4 rings (SSSR count). The van der Waals surface area contributed by atoms with E-state index in [4.69, 9.17) is 4.74 Å². The Balaban J connectivity index is 1.56. The Kier molecular flexibility index (Phi) is 6.86. The molecule has 0 fully saturated rings. The van der Waals surface area contributed by atoms with Gasteiger partial charge in [0.15, 0.2) is 0 Å². The topological polar surface area (TPSA) is 93.2 Å². The van der Waals surface area contributed by atoms with Crippen LogP contribution in [0.5, 0.6) is 5.75 Å². The molecule has 0 spiro atoms. The van der Waals surface area contributed by atoms with E-state index in [1.807, 2.05) is 6.07 Å². The molecule has 2 aromatic carbocycles. The van der Waals surface area contributed by atoms with Crippen molar-refractivity contribution >= 4 is 26.7 Å². The molecule has 0 amide bonds. The molecule has 0 radical (unpaired) electrons. The number of ether oxygens (including phenoxy) is 1. The highest BCUT2D eigenvalue weighted by Crippen LogP contribution is 2.37. The van der Waals surface area contributed by atoms with Crippen LogP contribution in [0, 0.1) is 0 Å². The number of alkyl halides is 3. The third-order valence-corrected chi connectivity index (χ3v) is 7.28. The zero-order chi connectivity index (χ0) is 23.5. The van der Waals surface area contributed by atoms with E-state index in [-0.39, 0.29) is 22.5 Å². The molecule has 176 valence electrons. The van der Waals surface area contributed by atoms with Crippen molar-refractivity contribution in [2.45, 2.75) is 42.4 Å². The maximum absolute atomic E-state index is 12.9. The predicted octanol–water partition coefficient (Wildman–Crippen LogP) is 4.84. The first kappa shape index (κ1) is 23.5. The van der Waals surface area contributed by atoms with Crippen molar-refractivity contribution in [3.05, 3.63) is 66.0 Å². The van der Waals surface area contributed by atoms with E-state index in [9.17, 15) is 21.6 Å². The summed E-state index contributed by atoms with van der Waals surface area (Å²) in [7, 11) is -3.89. The molecule has 2 N–H and O–H groups in total. The van der Waals surface area contributed by atoms with Crippen molar-refractivity contribution in [2.24, 2.45) is 0 Å². The maximum atomic E-state index is 12.9. The Morgan fingerprint density at radius 3 is 2.67 bits per heavy atom. The second kappa shape index (κ2) is 9.65. The summed E-state index contributed by atoms with van der Waals surface area (Å²) in [4.78, 5) is 3.81. The molecule has 7 nitrogen and oxygen atoms in total. The molecule has 1 aliphatic rings. The summed E-state index contributed by atoms with van der Waals surface area (Å²) in [5.41, 5.74) is 1.46. The molecule has 1 aromatic heterocycles. The van der Waals surface area contributed by atoms with E-state index in [1.165, 1.54) is 18.5 Å². The number of aromatic nitrogens is 2. The number of hydrogen-bond acceptors (Lipinski definition) is 7. The number of nitrogens with zero attached hydrogens (tertiary/aromatic N) is 2. The van der Waals surface area contributed by atoms with Crippen LogP contribution >= 0.6 is 11.5 Å². The van der Waals surface area contributed by atoms with Gasteiger partial charge in [0.1, 0.15) is 12.1 Å². The van der Waals surface area contributed by atoms with E-state index >= 15 is 0 Å². The smallest absolute Gasteiger partial charge is 0.389 e. The molecule has 0 bridgehead atoms. The third-order valence-electron chi connectivity index (χ3n) is 5.24. The van der Waals surface area contributed by atoms with Gasteiger partial charge in [-0.25, -0.2) is 13.4 Å². The van der Waals surface area contributed by atoms with Crippen LogP contribution in [0.15, 0.2) is 59.8 Å². The molecule has 0 saturated carbocycles. The fourth-order valence-corrected chi connectivity index (χ4v) is 5.36. The highest BCUT2D eigenvalue weighted by molar-refractivity contribution is 7.93. The van der Waals surface area contributed by atoms with Gasteiger partial charge in [-0.2, -0.15) is 17.5 Å². The van der Waals surface area contributed by atoms with Gasteiger partial charge in [0.05, 0.1) is 11.5 Å². The van der Waals surface area contributed by atoms with Crippen LogP contribution in [0.4, 0.5) is 18.3 Å². The summed E-state index contributed by atoms with van der Waals surface area (Å²) >= 11 is 0.912. The van der Waals surface area contributed by atoms with Gasteiger partial charge in [0, 0.05) is 48.1 Å². The number of halogens is 3. The highest BCUT2D eigenvalue weighted by Gasteiger charge is 2.31. The second-order valence-electron chi connectivity index (χ2n) is 7.53. The Bertz CT molecular complexity index is 1170. The summed E-state index contributed by atoms with van der Waals surface area (Å²) in [5.74, 6) is 0.376. The van der Waals surface area contributed by atoms with Crippen molar-refractivity contribution in [3.63, 3.8) is 0 Å². The number of sulfonamides is 1. The molecule has 2 atom stereocenters. The molecule has 12 heteroatoms. The lowest BCUT2D eigenvalue weighted by Gasteiger charge is -2.31. The Morgan fingerprint density at radius 2 is 1.97 bits per heavy atom. The van der Waals surface area contributed by atoms with Gasteiger partial charge in [-0.3, -0.25) is 4.72 Å². The lowest BCUT2D eigenvalue weighted by Crippen LogP contribution is -2.31. The van der Waals surface area contributed by atoms with Crippen molar-refractivity contribution in [1.82, 2.24) is 14.7 Å². The molecule has 1 unspecified atom stereocenters. The van der Waals surface area contributed by atoms with Crippen molar-refractivity contribution < 1.29 is 26.3 Å². The molecule has 3 aromatic rings. The molecular formula is C21H21F3N4O3S2. The Hall–Kier alpha value is -2.70. The van der Waals surface area contributed by atoms with Gasteiger partial charge in [-0.1, -0.05) is 36.4 Å². The molecule has 33 heavy (non-hydrogen) atoms. The first-order valence-corrected chi connectivity index (χ1v) is 12.4. The van der Waals surface area contributed by atoms with Crippen LogP contribution in [0.3, 0.4) is 0 Å². The van der Waals surface area contributed by atoms with Gasteiger partial charge >= 0.3 is 6.18 Å². The zero-order valence-electron chi connectivity index (χ0n) is 17.2. The average Bonchev–Trinajstić information content (AvgIpc) is 3.28. The molecule has 0 aliphatic carbocycles. The minimum atomic E-state index is -4.26. The molecule has 2 heterocycles. The molecular weight excluding hydrogens is 477 g/mol. The van der Waals surface area contributed by atoms with Gasteiger partial charge in [0.25, 0.3) is 10.0 Å². The number of rotatable bonds is 8. The first-order chi connectivity index (χ1) is 15.7. The summed E-state index contributed by atoms with van der Waals surface area (Å²) in [6.45, 7) is 0.304. The standard InChI is InChI=1S/C21H21F3N4O3S2/c22-21(23,24)10-8-17(14-4-2-1-3-5-14)27-18-9-11-31-19-12-15(6-7-16(18)19)33(29,30)28-20-25-13-26-32-20/h1-7,12-13,17-18,27H,8-11H2,(H,25,26,28)/t17?,18-/m0/s1. The van der Waals surface area contributed by atoms with E-state index in [2.05, 4.69) is 19.4 Å². The number of benzene rings is 2. The first-order valence-electron chi connectivity index (χ1n) is 10.2. The van der Waals surface area contributed by atoms with Crippen LogP contribution in [0.25, 0.3) is 0 Å². The van der Waals surface area contributed by atoms with Crippen LogP contribution in [0.2, 0.25) is 0 Å². The van der Waals surface area contributed by atoms with Gasteiger partial charge in [-0.05, 0) is 18.1 Å². The zero-order valence-corrected chi connectivity index (χ0v) is 18.9. The van der Waals surface area contributed by atoms with Gasteiger partial charge < -0.3 is 10.1 Å². The van der Waals surface area contributed by atoms with Crippen LogP contribution < -0.4 is 14.8 Å². The van der Waals surface area contributed by atoms with Crippen molar-refractivity contribution in [1.29, 1.82) is 0 Å². The van der Waals surface area contributed by atoms with E-state index < -0.39 is 28.7 Å². The van der Waals surface area contributed by atoms with Gasteiger partial charge in [-0.15, -0.1) is 0 Å². The number of fused-ring (bicyclic) bond motifs is 1. The largest absolute Gasteiger partial charge is 0.493 e. The average molecular weight is 499 g/mol. The minimum Gasteiger partial charge on any atom is -0.493 e. The minimum absolute atomic E-state index is 0.00576. The lowest BCUT2D eigenvalue weighted by atomic mass is 9.96. The number of anilines is 1. The van der Waals surface area contributed by atoms with E-state index in [0.29, 0.717) is 24.3 Å². The van der Waals surface area contributed by atoms with E-state index in [1.54, 1.807) is 30.3 Å². The van der Waals surface area contributed by atoms with Crippen LogP contribution in [0.1, 0.15) is 42.5 Å². The fraction of sp³-hybridized carbons (Fsp3) is 0.333. The second-order valence-corrected chi connectivity index (χ2v) is 9.99. The van der Waals surface area contributed by atoms with E-state index in [0.717, 1.165) is 17.1 Å². The number of nitrogens with one attached hydrogen (secondary N) is 2. The summed E-state index contributed by atoms with van der Waals surface area (Å²) in [6.07, 6.45) is -3.50. The summed E-state index contributed by atoms with van der Waals surface area (Å²) in [6, 6.07) is 12.7. The maximum Gasteiger partial charge on any atom is 0.389 e. The quantitative estimate of drug-likeness (QED) is 0.462. The Labute approximate surface area is 193 Å². The third kappa shape index (κ3) is 6.01. The van der Waals surface area contributed by atoms with Crippen LogP contribution in [-0.4, -0.2) is 30.6 Å². The molecule has 1 aliphatic heterocycles. The SMILES string of the molecule is O=S(=O)(Nc1ncns1)c1ccc2c(c1)OCC[C@@H]2NC(CCC(F)(F)F)c1ccccc1. The monoisotopic (exact) mass is 498 g/mol. The summed E-state index contributed by atoms with van der Waals surface area (Å²) < 4.78 is 75.9. The molecule has 0 saturated heterocycles. The number of hydrogen-bond donors (Lipinski definition) is 2. The fourth-order valence-electron chi connectivity index (χ4n) is 3.68. The summed E-state index contributed by atoms with van der Waals surface area (Å²) in [5, 5.41) is 3.48. The Morgan fingerprint density at radius 1 is 1.18 bits per heavy atom. The normalized spacial score (nSPS) is 17.1.